The highest BCUT2D eigenvalue weighted by Crippen LogP contribution is 2.34. The predicted molar refractivity (Wildman–Crippen MR) is 114 cm³/mol. The van der Waals surface area contributed by atoms with Gasteiger partial charge in [0.25, 0.3) is 5.91 Å². The van der Waals surface area contributed by atoms with Crippen LogP contribution in [0.1, 0.15) is 36.8 Å². The van der Waals surface area contributed by atoms with E-state index in [1.807, 2.05) is 0 Å². The first-order valence-corrected chi connectivity index (χ1v) is 10.0. The summed E-state index contributed by atoms with van der Waals surface area (Å²) in [4.78, 5) is 12.7. The van der Waals surface area contributed by atoms with Gasteiger partial charge in [-0.3, -0.25) is 4.79 Å². The van der Waals surface area contributed by atoms with Gasteiger partial charge in [-0.25, -0.2) is 0 Å². The maximum atomic E-state index is 13.2. The average Bonchev–Trinajstić information content (AvgIpc) is 3.11. The van der Waals surface area contributed by atoms with Crippen molar-refractivity contribution in [2.75, 3.05) is 11.9 Å². The number of nitriles is 1. The molecule has 1 heterocycles. The molecule has 174 valence electrons. The fourth-order valence-corrected chi connectivity index (χ4v) is 3.47. The number of hydrogen-bond acceptors (Lipinski definition) is 5. The summed E-state index contributed by atoms with van der Waals surface area (Å²) in [6.07, 6.45) is -4.44. The van der Waals surface area contributed by atoms with Gasteiger partial charge in [-0.2, -0.15) is 18.4 Å². The Hall–Kier alpha value is -3.39. The number of nitrogens with zero attached hydrogens (tertiary/aromatic N) is 2. The van der Waals surface area contributed by atoms with Crippen LogP contribution in [-0.4, -0.2) is 32.9 Å². The zero-order valence-corrected chi connectivity index (χ0v) is 17.8. The number of aliphatic hydroxyl groups excluding tert-OH is 1. The highest BCUT2D eigenvalue weighted by molar-refractivity contribution is 5.97. The molecule has 2 aromatic carbocycles. The summed E-state index contributed by atoms with van der Waals surface area (Å²) in [5, 5.41) is 33.0. The molecule has 0 aliphatic carbocycles. The molecule has 0 spiro atoms. The van der Waals surface area contributed by atoms with E-state index in [0.717, 1.165) is 12.1 Å². The summed E-state index contributed by atoms with van der Waals surface area (Å²) in [6, 6.07) is 11.2. The molecular weight excluding hydrogens is 439 g/mol. The monoisotopic (exact) mass is 461 g/mol. The zero-order chi connectivity index (χ0) is 24.4. The Morgan fingerprint density at radius 2 is 1.97 bits per heavy atom. The molecule has 33 heavy (non-hydrogen) atoms. The molecule has 3 aromatic rings. The first-order valence-electron chi connectivity index (χ1n) is 10.0. The minimum atomic E-state index is -4.78. The molecule has 0 fully saturated rings. The highest BCUT2D eigenvalue weighted by Gasteiger charge is 2.35. The van der Waals surface area contributed by atoms with Crippen LogP contribution >= 0.6 is 0 Å². The number of carbonyl (C=O) groups excluding carboxylic acids is 1. The van der Waals surface area contributed by atoms with Gasteiger partial charge in [-0.05, 0) is 38.1 Å². The van der Waals surface area contributed by atoms with Crippen molar-refractivity contribution in [2.24, 2.45) is 0 Å². The van der Waals surface area contributed by atoms with Gasteiger partial charge < -0.3 is 24.8 Å². The summed E-state index contributed by atoms with van der Waals surface area (Å²) < 4.78 is 46.4. The normalized spacial score (nSPS) is 14.5. The van der Waals surface area contributed by atoms with E-state index in [-0.39, 0.29) is 18.8 Å². The van der Waals surface area contributed by atoms with Crippen molar-refractivity contribution in [1.82, 2.24) is 4.57 Å². The number of alkyl halides is 3. The van der Waals surface area contributed by atoms with Gasteiger partial charge in [-0.1, -0.05) is 18.2 Å². The van der Waals surface area contributed by atoms with E-state index in [1.54, 1.807) is 42.0 Å². The minimum Gasteiger partial charge on any atom is -0.378 e. The van der Waals surface area contributed by atoms with Crippen LogP contribution in [0.2, 0.25) is 0 Å². The summed E-state index contributed by atoms with van der Waals surface area (Å²) >= 11 is 0. The Balaban J connectivity index is 1.88. The number of anilines is 1. The quantitative estimate of drug-likeness (QED) is 0.462. The Bertz CT molecular complexity index is 1210. The second kappa shape index (κ2) is 9.23. The lowest BCUT2D eigenvalue weighted by molar-refractivity contribution is -0.138. The number of aromatic nitrogens is 1. The Kier molecular flexibility index (Phi) is 6.78. The molecule has 3 N–H and O–H groups in total. The van der Waals surface area contributed by atoms with Gasteiger partial charge in [0.1, 0.15) is 0 Å². The lowest BCUT2D eigenvalue weighted by atomic mass is 10.0. The van der Waals surface area contributed by atoms with Crippen LogP contribution in [0.5, 0.6) is 0 Å². The second-order valence-electron chi connectivity index (χ2n) is 7.64. The lowest BCUT2D eigenvalue weighted by Crippen LogP contribution is -2.43. The fraction of sp³-hybridized carbons (Fsp3) is 0.304. The van der Waals surface area contributed by atoms with E-state index in [0.29, 0.717) is 22.5 Å². The Morgan fingerprint density at radius 1 is 1.27 bits per heavy atom. The average molecular weight is 461 g/mol. The molecule has 0 saturated heterocycles. The van der Waals surface area contributed by atoms with Crippen molar-refractivity contribution < 1.29 is 32.9 Å². The molecule has 7 nitrogen and oxygen atoms in total. The lowest BCUT2D eigenvalue weighted by Gasteiger charge is -2.24. The Labute approximate surface area is 187 Å². The molecule has 0 saturated carbocycles. The minimum absolute atomic E-state index is 0.212. The molecule has 0 aliphatic heterocycles. The number of amides is 1. The number of rotatable bonds is 7. The maximum Gasteiger partial charge on any atom is 0.417 e. The number of benzene rings is 2. The molecule has 0 aliphatic rings. The number of para-hydroxylation sites is 1. The molecule has 1 aromatic heterocycles. The molecule has 2 atom stereocenters. The second-order valence-corrected chi connectivity index (χ2v) is 7.64. The molecule has 0 bridgehead atoms. The van der Waals surface area contributed by atoms with Crippen molar-refractivity contribution in [3.05, 3.63) is 65.4 Å². The van der Waals surface area contributed by atoms with Crippen LogP contribution in [0.15, 0.2) is 48.7 Å². The van der Waals surface area contributed by atoms with Gasteiger partial charge in [-0.15, -0.1) is 0 Å². The number of fused-ring (bicyclic) bond motifs is 1. The van der Waals surface area contributed by atoms with Crippen LogP contribution in [0.3, 0.4) is 0 Å². The molecule has 3 rings (SSSR count). The van der Waals surface area contributed by atoms with E-state index in [1.165, 1.54) is 13.0 Å². The molecule has 10 heteroatoms. The topological polar surface area (TPSA) is 108 Å². The van der Waals surface area contributed by atoms with E-state index < -0.39 is 35.1 Å². The van der Waals surface area contributed by atoms with E-state index in [9.17, 15) is 28.2 Å². The third-order valence-electron chi connectivity index (χ3n) is 5.08. The first-order chi connectivity index (χ1) is 15.5. The number of carbonyl (C=O) groups is 1. The van der Waals surface area contributed by atoms with Crippen molar-refractivity contribution in [3.8, 4) is 6.07 Å². The van der Waals surface area contributed by atoms with Crippen molar-refractivity contribution in [3.63, 3.8) is 0 Å². The van der Waals surface area contributed by atoms with Gasteiger partial charge >= 0.3 is 6.18 Å². The highest BCUT2D eigenvalue weighted by atomic mass is 19.4. The van der Waals surface area contributed by atoms with E-state index in [2.05, 4.69) is 5.32 Å². The van der Waals surface area contributed by atoms with Crippen molar-refractivity contribution >= 4 is 22.5 Å². The van der Waals surface area contributed by atoms with Crippen LogP contribution in [-0.2, 0) is 22.3 Å². The summed E-state index contributed by atoms with van der Waals surface area (Å²) in [6.45, 7) is 2.97. The maximum absolute atomic E-state index is 13.2. The van der Waals surface area contributed by atoms with Crippen molar-refractivity contribution in [1.29, 1.82) is 5.26 Å². The van der Waals surface area contributed by atoms with Crippen LogP contribution in [0, 0.1) is 11.3 Å². The number of aliphatic hydroxyl groups is 2. The van der Waals surface area contributed by atoms with Crippen LogP contribution in [0.4, 0.5) is 18.9 Å². The number of ether oxygens (including phenoxy) is 1. The third kappa shape index (κ3) is 5.17. The molecule has 0 radical (unpaired) electrons. The van der Waals surface area contributed by atoms with Gasteiger partial charge in [0.15, 0.2) is 11.9 Å². The fourth-order valence-electron chi connectivity index (χ4n) is 3.47. The smallest absolute Gasteiger partial charge is 0.378 e. The number of nitrogens with one attached hydrogen (secondary N) is 1. The Morgan fingerprint density at radius 3 is 2.61 bits per heavy atom. The SMILES string of the molecule is CCOC(O)c1cn(C[C@](C)(O)C(=O)Nc2ccc(C#N)c(C(F)(F)F)c2)c2ccccc12. The zero-order valence-electron chi connectivity index (χ0n) is 17.8. The van der Waals surface area contributed by atoms with Gasteiger partial charge in [0.05, 0.1) is 23.7 Å². The summed E-state index contributed by atoms with van der Waals surface area (Å²) in [5.74, 6) is -0.940. The molecular formula is C23H22F3N3O4. The number of halogens is 3. The molecule has 1 unspecified atom stereocenters. The standard InChI is InChI=1S/C23H22F3N3O4/c1-3-33-20(30)17-12-29(19-7-5-4-6-16(17)19)13-22(2,32)21(31)28-15-9-8-14(11-27)18(10-15)23(24,25)26/h4-10,12,20,30,32H,3,13H2,1-2H3,(H,28,31)/t20?,22-/m0/s1. The van der Waals surface area contributed by atoms with Crippen LogP contribution < -0.4 is 5.32 Å². The number of hydrogen-bond donors (Lipinski definition) is 3. The van der Waals surface area contributed by atoms with Crippen molar-refractivity contribution in [2.45, 2.75) is 38.5 Å². The van der Waals surface area contributed by atoms with E-state index >= 15 is 0 Å². The summed E-state index contributed by atoms with van der Waals surface area (Å²) in [5.41, 5.74) is -2.93. The predicted octanol–water partition coefficient (Wildman–Crippen LogP) is 3.95. The van der Waals surface area contributed by atoms with Crippen LogP contribution in [0.25, 0.3) is 10.9 Å². The summed E-state index contributed by atoms with van der Waals surface area (Å²) in [7, 11) is 0. The largest absolute Gasteiger partial charge is 0.417 e. The van der Waals surface area contributed by atoms with Gasteiger partial charge in [0.2, 0.25) is 0 Å². The molecule has 1 amide bonds. The third-order valence-corrected chi connectivity index (χ3v) is 5.08. The first kappa shape index (κ1) is 24.3. The van der Waals surface area contributed by atoms with E-state index in [4.69, 9.17) is 10.00 Å². The van der Waals surface area contributed by atoms with Gasteiger partial charge in [0, 0.05) is 35.0 Å².